The zero-order valence-corrected chi connectivity index (χ0v) is 16.4. The molecule has 3 fully saturated rings. The van der Waals surface area contributed by atoms with E-state index in [1.54, 1.807) is 0 Å². The van der Waals surface area contributed by atoms with Crippen LogP contribution in [0.4, 0.5) is 0 Å². The van der Waals surface area contributed by atoms with Crippen molar-refractivity contribution in [1.29, 1.82) is 0 Å². The fraction of sp³-hybridized carbons (Fsp3) is 0.636. The number of carbonyl (C=O) groups excluding carboxylic acids is 1. The number of nitrogens with one attached hydrogen (secondary N) is 1. The summed E-state index contributed by atoms with van der Waals surface area (Å²) in [7, 11) is 0. The third kappa shape index (κ3) is 2.70. The summed E-state index contributed by atoms with van der Waals surface area (Å²) in [4.78, 5) is 20.6. The number of para-hydroxylation sites is 2. The molecule has 1 spiro atoms. The maximum Gasteiger partial charge on any atom is 0.226 e. The molecule has 3 heterocycles. The molecule has 5 nitrogen and oxygen atoms in total. The molecule has 0 bridgehead atoms. The van der Waals surface area contributed by atoms with Crippen LogP contribution in [0, 0.1) is 11.3 Å². The van der Waals surface area contributed by atoms with Gasteiger partial charge >= 0.3 is 0 Å². The fourth-order valence-corrected chi connectivity index (χ4v) is 5.51. The van der Waals surface area contributed by atoms with E-state index in [2.05, 4.69) is 46.8 Å². The number of imidazole rings is 1. The molecule has 144 valence electrons. The molecule has 2 saturated heterocycles. The minimum Gasteiger partial charge on any atom is -0.332 e. The van der Waals surface area contributed by atoms with E-state index >= 15 is 0 Å². The van der Waals surface area contributed by atoms with Gasteiger partial charge in [0.15, 0.2) is 0 Å². The highest BCUT2D eigenvalue weighted by atomic mass is 16.2. The molecule has 27 heavy (non-hydrogen) atoms. The second-order valence-electron chi connectivity index (χ2n) is 8.98. The predicted molar refractivity (Wildman–Crippen MR) is 106 cm³/mol. The van der Waals surface area contributed by atoms with Gasteiger partial charge in [-0.05, 0) is 76.6 Å². The van der Waals surface area contributed by atoms with Gasteiger partial charge in [-0.25, -0.2) is 4.98 Å². The summed E-state index contributed by atoms with van der Waals surface area (Å²) in [5.41, 5.74) is 2.53. The number of aromatic nitrogens is 2. The Morgan fingerprint density at radius 3 is 2.81 bits per heavy atom. The molecule has 2 aromatic rings. The lowest BCUT2D eigenvalue weighted by Crippen LogP contribution is -2.37. The van der Waals surface area contributed by atoms with Gasteiger partial charge in [0.1, 0.15) is 5.82 Å². The second kappa shape index (κ2) is 6.33. The number of fused-ring (bicyclic) bond motifs is 1. The van der Waals surface area contributed by atoms with Crippen molar-refractivity contribution in [1.82, 2.24) is 19.8 Å². The van der Waals surface area contributed by atoms with Crippen molar-refractivity contribution in [2.24, 2.45) is 11.3 Å². The van der Waals surface area contributed by atoms with Crippen LogP contribution in [0.25, 0.3) is 11.0 Å². The number of likely N-dealkylation sites (tertiary alicyclic amines) is 1. The number of carbonyl (C=O) groups is 1. The Labute approximate surface area is 161 Å². The number of amides is 1. The van der Waals surface area contributed by atoms with Crippen LogP contribution in [0.15, 0.2) is 24.3 Å². The summed E-state index contributed by atoms with van der Waals surface area (Å²) in [6.07, 6.45) is 5.53. The Morgan fingerprint density at radius 1 is 1.26 bits per heavy atom. The first-order chi connectivity index (χ1) is 13.1. The minimum absolute atomic E-state index is 0.131. The summed E-state index contributed by atoms with van der Waals surface area (Å²) in [5, 5.41) is 3.44. The Hall–Kier alpha value is -1.88. The first-order valence-corrected chi connectivity index (χ1v) is 10.6. The average molecular weight is 367 g/mol. The molecule has 3 aliphatic rings. The Morgan fingerprint density at radius 2 is 2.04 bits per heavy atom. The molecule has 2 aliphatic heterocycles. The standard InChI is InChI=1S/C22H30N4O/c1-15(2)26-18-7-4-3-6-17(18)24-20(26)19-8-5-13-25(19)21(27)16-14-22(16)9-11-23-12-10-22/h3-4,6-7,15-16,19,23H,5,8-14H2,1-2H3. The van der Waals surface area contributed by atoms with Gasteiger partial charge in [-0.3, -0.25) is 4.79 Å². The summed E-state index contributed by atoms with van der Waals surface area (Å²) in [5.74, 6) is 1.72. The van der Waals surface area contributed by atoms with Crippen molar-refractivity contribution in [3.8, 4) is 0 Å². The Bertz CT molecular complexity index is 864. The third-order valence-corrected chi connectivity index (χ3v) is 7.06. The molecule has 2 atom stereocenters. The van der Waals surface area contributed by atoms with Gasteiger partial charge in [-0.2, -0.15) is 0 Å². The average Bonchev–Trinajstić information content (AvgIpc) is 3.05. The van der Waals surface area contributed by atoms with Gasteiger partial charge < -0.3 is 14.8 Å². The summed E-state index contributed by atoms with van der Waals surface area (Å²) in [6, 6.07) is 8.83. The molecular weight excluding hydrogens is 336 g/mol. The van der Waals surface area contributed by atoms with E-state index in [0.717, 1.165) is 63.1 Å². The van der Waals surface area contributed by atoms with Crippen molar-refractivity contribution >= 4 is 16.9 Å². The Balaban J connectivity index is 1.46. The van der Waals surface area contributed by atoms with Gasteiger partial charge in [-0.1, -0.05) is 12.1 Å². The van der Waals surface area contributed by atoms with E-state index in [0.29, 0.717) is 17.4 Å². The van der Waals surface area contributed by atoms with Crippen molar-refractivity contribution in [3.05, 3.63) is 30.1 Å². The largest absolute Gasteiger partial charge is 0.332 e. The van der Waals surface area contributed by atoms with E-state index < -0.39 is 0 Å². The molecule has 1 saturated carbocycles. The molecule has 5 heteroatoms. The lowest BCUT2D eigenvalue weighted by atomic mass is 9.91. The Kier molecular flexibility index (Phi) is 4.04. The first kappa shape index (κ1) is 17.2. The highest BCUT2D eigenvalue weighted by molar-refractivity contribution is 5.84. The van der Waals surface area contributed by atoms with Crippen LogP contribution in [-0.2, 0) is 4.79 Å². The molecule has 5 rings (SSSR count). The van der Waals surface area contributed by atoms with Crippen molar-refractivity contribution in [2.45, 2.75) is 58.0 Å². The predicted octanol–water partition coefficient (Wildman–Crippen LogP) is 3.67. The van der Waals surface area contributed by atoms with Crippen LogP contribution in [0.2, 0.25) is 0 Å². The number of hydrogen-bond acceptors (Lipinski definition) is 3. The topological polar surface area (TPSA) is 50.2 Å². The van der Waals surface area contributed by atoms with Gasteiger partial charge in [0.25, 0.3) is 0 Å². The smallest absolute Gasteiger partial charge is 0.226 e. The minimum atomic E-state index is 0.131. The van der Waals surface area contributed by atoms with Gasteiger partial charge in [0.2, 0.25) is 5.91 Å². The zero-order chi connectivity index (χ0) is 18.6. The van der Waals surface area contributed by atoms with Crippen LogP contribution in [0.5, 0.6) is 0 Å². The van der Waals surface area contributed by atoms with E-state index in [-0.39, 0.29) is 12.0 Å². The van der Waals surface area contributed by atoms with E-state index in [4.69, 9.17) is 4.98 Å². The number of hydrogen-bond donors (Lipinski definition) is 1. The van der Waals surface area contributed by atoms with Crippen LogP contribution < -0.4 is 5.32 Å². The van der Waals surface area contributed by atoms with Crippen LogP contribution in [0.1, 0.15) is 63.9 Å². The number of piperidine rings is 1. The lowest BCUT2D eigenvalue weighted by molar-refractivity contribution is -0.134. The highest BCUT2D eigenvalue weighted by Gasteiger charge is 2.59. The maximum atomic E-state index is 13.4. The SMILES string of the molecule is CC(C)n1c(C2CCCN2C(=O)C2CC23CCNCC3)nc2ccccc21. The van der Waals surface area contributed by atoms with Gasteiger partial charge in [0, 0.05) is 18.5 Å². The molecule has 1 N–H and O–H groups in total. The summed E-state index contributed by atoms with van der Waals surface area (Å²) in [6.45, 7) is 7.44. The van der Waals surface area contributed by atoms with Gasteiger partial charge in [0.05, 0.1) is 17.1 Å². The monoisotopic (exact) mass is 366 g/mol. The number of nitrogens with zero attached hydrogens (tertiary/aromatic N) is 3. The molecular formula is C22H30N4O. The molecule has 2 unspecified atom stereocenters. The van der Waals surface area contributed by atoms with Crippen LogP contribution >= 0.6 is 0 Å². The van der Waals surface area contributed by atoms with E-state index in [1.165, 1.54) is 5.52 Å². The summed E-state index contributed by atoms with van der Waals surface area (Å²) < 4.78 is 2.35. The third-order valence-electron chi connectivity index (χ3n) is 7.06. The highest BCUT2D eigenvalue weighted by Crippen LogP contribution is 2.60. The first-order valence-electron chi connectivity index (χ1n) is 10.6. The molecule has 1 amide bonds. The van der Waals surface area contributed by atoms with Gasteiger partial charge in [-0.15, -0.1) is 0 Å². The molecule has 0 radical (unpaired) electrons. The molecule has 1 aromatic carbocycles. The summed E-state index contributed by atoms with van der Waals surface area (Å²) >= 11 is 0. The van der Waals surface area contributed by atoms with Crippen molar-refractivity contribution in [2.75, 3.05) is 19.6 Å². The van der Waals surface area contributed by atoms with E-state index in [1.807, 2.05) is 6.07 Å². The molecule has 1 aliphatic carbocycles. The van der Waals surface area contributed by atoms with Crippen LogP contribution in [-0.4, -0.2) is 40.0 Å². The van der Waals surface area contributed by atoms with Crippen molar-refractivity contribution in [3.63, 3.8) is 0 Å². The second-order valence-corrected chi connectivity index (χ2v) is 8.98. The zero-order valence-electron chi connectivity index (χ0n) is 16.4. The normalized spacial score (nSPS) is 27.0. The lowest BCUT2D eigenvalue weighted by Gasteiger charge is -2.29. The quantitative estimate of drug-likeness (QED) is 0.902. The van der Waals surface area contributed by atoms with Crippen LogP contribution in [0.3, 0.4) is 0 Å². The molecule has 1 aromatic heterocycles. The van der Waals surface area contributed by atoms with E-state index in [9.17, 15) is 4.79 Å². The number of benzene rings is 1. The fourth-order valence-electron chi connectivity index (χ4n) is 5.51. The number of rotatable bonds is 3. The maximum absolute atomic E-state index is 13.4. The van der Waals surface area contributed by atoms with Crippen molar-refractivity contribution < 1.29 is 4.79 Å².